The summed E-state index contributed by atoms with van der Waals surface area (Å²) in [6.07, 6.45) is 6.44. The topological polar surface area (TPSA) is 51.3 Å². The molecule has 0 atom stereocenters. The molecule has 0 spiro atoms. The van der Waals surface area contributed by atoms with Gasteiger partial charge in [0.15, 0.2) is 0 Å². The van der Waals surface area contributed by atoms with E-state index in [1.807, 2.05) is 77.6 Å². The van der Waals surface area contributed by atoms with Crippen LogP contribution >= 0.6 is 0 Å². The van der Waals surface area contributed by atoms with Crippen LogP contribution in [0.25, 0.3) is 27.8 Å². The molecule has 0 saturated heterocycles. The average molecular weight is 380 g/mol. The first-order chi connectivity index (χ1) is 14.3. The number of benzene rings is 2. The van der Waals surface area contributed by atoms with Gasteiger partial charge in [0.05, 0.1) is 5.69 Å². The standard InChI is InChI=1S/C24H20N4O/c29-24(13-16-27-15-12-19-5-1-2-6-22(19)27)25-20-10-8-18(9-11-20)21-17-28-14-4-3-7-23(28)26-21/h1-12,14-15,17H,13,16H2,(H,25,29). The van der Waals surface area contributed by atoms with E-state index in [2.05, 4.69) is 33.1 Å². The van der Waals surface area contributed by atoms with Gasteiger partial charge in [-0.25, -0.2) is 4.98 Å². The minimum absolute atomic E-state index is 0.00302. The SMILES string of the molecule is O=C(CCn1ccc2ccccc21)Nc1ccc(-c2cn3ccccc3n2)cc1. The summed E-state index contributed by atoms with van der Waals surface area (Å²) in [5.74, 6) is 0.00302. The van der Waals surface area contributed by atoms with Crippen LogP contribution in [0.1, 0.15) is 6.42 Å². The molecule has 0 radical (unpaired) electrons. The van der Waals surface area contributed by atoms with E-state index >= 15 is 0 Å². The molecule has 5 heteroatoms. The zero-order valence-corrected chi connectivity index (χ0v) is 15.8. The highest BCUT2D eigenvalue weighted by Crippen LogP contribution is 2.21. The first-order valence-electron chi connectivity index (χ1n) is 9.64. The van der Waals surface area contributed by atoms with Crippen LogP contribution in [0.2, 0.25) is 0 Å². The zero-order chi connectivity index (χ0) is 19.6. The van der Waals surface area contributed by atoms with Gasteiger partial charge < -0.3 is 14.3 Å². The molecule has 0 unspecified atom stereocenters. The summed E-state index contributed by atoms with van der Waals surface area (Å²) in [4.78, 5) is 17.0. The Kier molecular flexibility index (Phi) is 4.33. The molecule has 142 valence electrons. The molecule has 0 saturated carbocycles. The second-order valence-corrected chi connectivity index (χ2v) is 7.04. The minimum atomic E-state index is 0.00302. The Morgan fingerprint density at radius 2 is 1.72 bits per heavy atom. The fourth-order valence-corrected chi connectivity index (χ4v) is 3.58. The maximum absolute atomic E-state index is 12.4. The predicted octanol–water partition coefficient (Wildman–Crippen LogP) is 4.98. The number of carbonyl (C=O) groups excluding carboxylic acids is 1. The van der Waals surface area contributed by atoms with Gasteiger partial charge in [-0.05, 0) is 41.8 Å². The molecule has 29 heavy (non-hydrogen) atoms. The molecule has 0 fully saturated rings. The highest BCUT2D eigenvalue weighted by atomic mass is 16.1. The van der Waals surface area contributed by atoms with Crippen molar-refractivity contribution in [2.75, 3.05) is 5.32 Å². The van der Waals surface area contributed by atoms with Gasteiger partial charge in [0.25, 0.3) is 0 Å². The van der Waals surface area contributed by atoms with E-state index in [9.17, 15) is 4.79 Å². The summed E-state index contributed by atoms with van der Waals surface area (Å²) in [6.45, 7) is 0.651. The van der Waals surface area contributed by atoms with Crippen LogP contribution in [0, 0.1) is 0 Å². The molecule has 0 aliphatic rings. The average Bonchev–Trinajstić information content (AvgIpc) is 3.37. The number of pyridine rings is 1. The van der Waals surface area contributed by atoms with E-state index in [0.717, 1.165) is 28.1 Å². The first kappa shape index (κ1) is 17.3. The monoisotopic (exact) mass is 380 g/mol. The fraction of sp³-hybridized carbons (Fsp3) is 0.0833. The van der Waals surface area contributed by atoms with Crippen molar-refractivity contribution in [3.05, 3.63) is 91.4 Å². The van der Waals surface area contributed by atoms with Crippen LogP contribution in [0.3, 0.4) is 0 Å². The number of nitrogens with zero attached hydrogens (tertiary/aromatic N) is 3. The van der Waals surface area contributed by atoms with Gasteiger partial charge in [0.2, 0.25) is 5.91 Å². The third kappa shape index (κ3) is 3.50. The Morgan fingerprint density at radius 1 is 0.897 bits per heavy atom. The summed E-state index contributed by atoms with van der Waals surface area (Å²) in [6, 6.07) is 24.0. The van der Waals surface area contributed by atoms with Gasteiger partial charge in [-0.15, -0.1) is 0 Å². The van der Waals surface area contributed by atoms with Gasteiger partial charge in [-0.1, -0.05) is 36.4 Å². The maximum atomic E-state index is 12.4. The Labute approximate surface area is 168 Å². The largest absolute Gasteiger partial charge is 0.347 e. The van der Waals surface area contributed by atoms with Crippen LogP contribution in [0.4, 0.5) is 5.69 Å². The van der Waals surface area contributed by atoms with Crippen molar-refractivity contribution < 1.29 is 4.79 Å². The number of hydrogen-bond acceptors (Lipinski definition) is 2. The molecular formula is C24H20N4O. The molecule has 3 aromatic heterocycles. The lowest BCUT2D eigenvalue weighted by Crippen LogP contribution is -2.14. The highest BCUT2D eigenvalue weighted by Gasteiger charge is 2.07. The Hall–Kier alpha value is -3.86. The number of fused-ring (bicyclic) bond motifs is 2. The zero-order valence-electron chi connectivity index (χ0n) is 15.8. The molecule has 0 aliphatic carbocycles. The van der Waals surface area contributed by atoms with Crippen LogP contribution in [-0.2, 0) is 11.3 Å². The number of para-hydroxylation sites is 1. The molecule has 5 nitrogen and oxygen atoms in total. The van der Waals surface area contributed by atoms with Crippen molar-refractivity contribution in [1.29, 1.82) is 0 Å². The lowest BCUT2D eigenvalue weighted by Gasteiger charge is -2.08. The normalized spacial score (nSPS) is 11.2. The number of nitrogens with one attached hydrogen (secondary N) is 1. The van der Waals surface area contributed by atoms with Crippen molar-refractivity contribution >= 4 is 28.1 Å². The van der Waals surface area contributed by atoms with E-state index in [4.69, 9.17) is 0 Å². The number of hydrogen-bond donors (Lipinski definition) is 1. The van der Waals surface area contributed by atoms with Gasteiger partial charge in [-0.3, -0.25) is 4.79 Å². The van der Waals surface area contributed by atoms with Crippen LogP contribution in [-0.4, -0.2) is 19.9 Å². The highest BCUT2D eigenvalue weighted by molar-refractivity contribution is 5.91. The van der Waals surface area contributed by atoms with Crippen LogP contribution in [0.5, 0.6) is 0 Å². The number of aromatic nitrogens is 3. The molecule has 5 rings (SSSR count). The number of anilines is 1. The smallest absolute Gasteiger partial charge is 0.226 e. The van der Waals surface area contributed by atoms with Gasteiger partial charge in [0, 0.05) is 48.3 Å². The number of amides is 1. The van der Waals surface area contributed by atoms with Crippen LogP contribution in [0.15, 0.2) is 91.4 Å². The third-order valence-corrected chi connectivity index (χ3v) is 5.09. The molecule has 1 N–H and O–H groups in total. The molecule has 2 aromatic carbocycles. The Morgan fingerprint density at radius 3 is 2.59 bits per heavy atom. The first-order valence-corrected chi connectivity index (χ1v) is 9.64. The van der Waals surface area contributed by atoms with Crippen molar-refractivity contribution in [1.82, 2.24) is 14.0 Å². The molecular weight excluding hydrogens is 360 g/mol. The van der Waals surface area contributed by atoms with Crippen LogP contribution < -0.4 is 5.32 Å². The van der Waals surface area contributed by atoms with E-state index in [0.29, 0.717) is 13.0 Å². The molecule has 0 bridgehead atoms. The Bertz CT molecular complexity index is 1260. The van der Waals surface area contributed by atoms with Gasteiger partial charge >= 0.3 is 0 Å². The van der Waals surface area contributed by atoms with Gasteiger partial charge in [-0.2, -0.15) is 0 Å². The summed E-state index contributed by atoms with van der Waals surface area (Å²) >= 11 is 0. The van der Waals surface area contributed by atoms with Gasteiger partial charge in [0.1, 0.15) is 5.65 Å². The lowest BCUT2D eigenvalue weighted by molar-refractivity contribution is -0.116. The van der Waals surface area contributed by atoms with Crippen molar-refractivity contribution in [3.8, 4) is 11.3 Å². The summed E-state index contributed by atoms with van der Waals surface area (Å²) < 4.78 is 4.11. The summed E-state index contributed by atoms with van der Waals surface area (Å²) in [5.41, 5.74) is 4.79. The van der Waals surface area contributed by atoms with E-state index < -0.39 is 0 Å². The summed E-state index contributed by atoms with van der Waals surface area (Å²) in [7, 11) is 0. The second kappa shape index (κ2) is 7.28. The lowest BCUT2D eigenvalue weighted by atomic mass is 10.1. The quantitative estimate of drug-likeness (QED) is 0.467. The predicted molar refractivity (Wildman–Crippen MR) is 116 cm³/mol. The fourth-order valence-electron chi connectivity index (χ4n) is 3.58. The molecule has 0 aliphatic heterocycles. The molecule has 5 aromatic rings. The van der Waals surface area contributed by atoms with E-state index in [1.54, 1.807) is 0 Å². The number of imidazole rings is 1. The van der Waals surface area contributed by atoms with Crippen molar-refractivity contribution in [2.24, 2.45) is 0 Å². The Balaban J connectivity index is 1.24. The maximum Gasteiger partial charge on any atom is 0.226 e. The van der Waals surface area contributed by atoms with E-state index in [1.165, 1.54) is 5.39 Å². The minimum Gasteiger partial charge on any atom is -0.347 e. The number of carbonyl (C=O) groups is 1. The molecule has 3 heterocycles. The molecule has 1 amide bonds. The number of aryl methyl sites for hydroxylation is 1. The number of rotatable bonds is 5. The second-order valence-electron chi connectivity index (χ2n) is 7.04. The van der Waals surface area contributed by atoms with Crippen molar-refractivity contribution in [3.63, 3.8) is 0 Å². The third-order valence-electron chi connectivity index (χ3n) is 5.09. The van der Waals surface area contributed by atoms with Crippen molar-refractivity contribution in [2.45, 2.75) is 13.0 Å². The summed E-state index contributed by atoms with van der Waals surface area (Å²) in [5, 5.41) is 4.17. The van der Waals surface area contributed by atoms with E-state index in [-0.39, 0.29) is 5.91 Å².